The van der Waals surface area contributed by atoms with Crippen molar-refractivity contribution in [3.05, 3.63) is 0 Å². The molecule has 0 rings (SSSR count). The number of rotatable bonds is 8. The molecule has 0 aromatic heterocycles. The van der Waals surface area contributed by atoms with Crippen molar-refractivity contribution in [1.29, 1.82) is 0 Å². The second-order valence-corrected chi connectivity index (χ2v) is 6.77. The summed E-state index contributed by atoms with van der Waals surface area (Å²) in [5.41, 5.74) is 0. The summed E-state index contributed by atoms with van der Waals surface area (Å²) >= 11 is 0. The van der Waals surface area contributed by atoms with E-state index in [1.54, 1.807) is 0 Å². The molecule has 0 fully saturated rings. The molecule has 0 aliphatic heterocycles. The van der Waals surface area contributed by atoms with Crippen molar-refractivity contribution >= 4 is 19.7 Å². The number of halogens is 3. The first kappa shape index (κ1) is 16.1. The first-order valence-electron chi connectivity index (χ1n) is 5.02. The van der Waals surface area contributed by atoms with Crippen LogP contribution in [0.2, 0.25) is 0 Å². The van der Waals surface area contributed by atoms with E-state index in [-0.39, 0.29) is 18.3 Å². The maximum Gasteiger partial charge on any atom is 0.268 e. The third-order valence-corrected chi connectivity index (χ3v) is 3.09. The van der Waals surface area contributed by atoms with Gasteiger partial charge in [-0.1, -0.05) is 13.3 Å². The summed E-state index contributed by atoms with van der Waals surface area (Å²) in [5.74, 6) is -3.45. The molecule has 0 saturated heterocycles. The van der Waals surface area contributed by atoms with Crippen LogP contribution in [-0.4, -0.2) is 33.3 Å². The van der Waals surface area contributed by atoms with Gasteiger partial charge in [0.1, 0.15) is 6.61 Å². The zero-order valence-corrected chi connectivity index (χ0v) is 11.0. The van der Waals surface area contributed by atoms with Crippen LogP contribution >= 0.6 is 10.7 Å². The van der Waals surface area contributed by atoms with Crippen molar-refractivity contribution in [3.8, 4) is 0 Å². The van der Waals surface area contributed by atoms with Crippen LogP contribution in [-0.2, 0) is 13.8 Å². The topological polar surface area (TPSA) is 43.4 Å². The predicted molar refractivity (Wildman–Crippen MR) is 59.5 cm³/mol. The van der Waals surface area contributed by atoms with Crippen LogP contribution in [0, 0.1) is 5.92 Å². The van der Waals surface area contributed by atoms with Gasteiger partial charge in [-0.05, 0) is 12.3 Å². The molecule has 0 heterocycles. The van der Waals surface area contributed by atoms with Gasteiger partial charge in [-0.15, -0.1) is 0 Å². The van der Waals surface area contributed by atoms with Crippen LogP contribution in [0.4, 0.5) is 8.78 Å². The van der Waals surface area contributed by atoms with E-state index in [1.807, 2.05) is 6.92 Å². The third-order valence-electron chi connectivity index (χ3n) is 1.84. The summed E-state index contributed by atoms with van der Waals surface area (Å²) in [6.07, 6.45) is 1.34. The molecule has 0 aromatic rings. The van der Waals surface area contributed by atoms with E-state index in [4.69, 9.17) is 15.4 Å². The van der Waals surface area contributed by atoms with Gasteiger partial charge in [0, 0.05) is 17.6 Å². The summed E-state index contributed by atoms with van der Waals surface area (Å²) in [6.45, 7) is 1.92. The largest absolute Gasteiger partial charge is 0.375 e. The monoisotopic (exact) mass is 278 g/mol. The Balaban J connectivity index is 4.05. The molecular weight excluding hydrogens is 262 g/mol. The van der Waals surface area contributed by atoms with E-state index in [2.05, 4.69) is 0 Å². The summed E-state index contributed by atoms with van der Waals surface area (Å²) in [6, 6.07) is 0. The molecule has 0 aliphatic carbocycles. The molecule has 7 heteroatoms. The van der Waals surface area contributed by atoms with E-state index in [1.165, 1.54) is 0 Å². The van der Waals surface area contributed by atoms with Gasteiger partial charge >= 0.3 is 0 Å². The van der Waals surface area contributed by atoms with E-state index in [9.17, 15) is 17.2 Å². The molecule has 0 bridgehead atoms. The van der Waals surface area contributed by atoms with Crippen LogP contribution in [0.5, 0.6) is 0 Å². The van der Waals surface area contributed by atoms with Crippen molar-refractivity contribution in [2.75, 3.05) is 19.0 Å². The maximum atomic E-state index is 12.4. The van der Waals surface area contributed by atoms with Crippen LogP contribution in [0.15, 0.2) is 0 Å². The quantitative estimate of drug-likeness (QED) is 0.641. The van der Waals surface area contributed by atoms with Gasteiger partial charge in [-0.2, -0.15) is 0 Å². The Hall–Kier alpha value is 0.0600. The molecule has 1 unspecified atom stereocenters. The number of hydrogen-bond donors (Lipinski definition) is 0. The van der Waals surface area contributed by atoms with Crippen LogP contribution in [0.25, 0.3) is 0 Å². The molecule has 0 N–H and O–H groups in total. The van der Waals surface area contributed by atoms with E-state index >= 15 is 0 Å². The fraction of sp³-hybridized carbons (Fsp3) is 1.00. The highest BCUT2D eigenvalue weighted by molar-refractivity contribution is 8.13. The fourth-order valence-corrected chi connectivity index (χ4v) is 2.67. The van der Waals surface area contributed by atoms with Crippen molar-refractivity contribution in [1.82, 2.24) is 0 Å². The average Bonchev–Trinajstić information content (AvgIpc) is 1.98. The molecule has 98 valence electrons. The second-order valence-electron chi connectivity index (χ2n) is 3.95. The van der Waals surface area contributed by atoms with Crippen molar-refractivity contribution in [2.24, 2.45) is 5.92 Å². The Morgan fingerprint density at radius 2 is 2.00 bits per heavy atom. The smallest absolute Gasteiger partial charge is 0.268 e. The highest BCUT2D eigenvalue weighted by Gasteiger charge is 2.23. The van der Waals surface area contributed by atoms with E-state index < -0.39 is 21.6 Å². The van der Waals surface area contributed by atoms with Gasteiger partial charge < -0.3 is 4.74 Å². The van der Waals surface area contributed by atoms with E-state index in [0.29, 0.717) is 6.42 Å². The predicted octanol–water partition coefficient (Wildman–Crippen LogP) is 2.64. The van der Waals surface area contributed by atoms with Gasteiger partial charge in [0.15, 0.2) is 0 Å². The third kappa shape index (κ3) is 10.6. The van der Waals surface area contributed by atoms with Gasteiger partial charge in [0.2, 0.25) is 9.05 Å². The molecule has 0 amide bonds. The fourth-order valence-electron chi connectivity index (χ4n) is 1.31. The standard InChI is InChI=1S/C9H17ClF2O3S/c1-3-4-8(6-16(10,13)14)5-15-7-9(2,11)12/h8H,3-7H2,1-2H3. The summed E-state index contributed by atoms with van der Waals surface area (Å²) < 4.78 is 51.3. The van der Waals surface area contributed by atoms with Crippen LogP contribution < -0.4 is 0 Å². The Kier molecular flexibility index (Phi) is 6.74. The number of alkyl halides is 2. The lowest BCUT2D eigenvalue weighted by molar-refractivity contribution is -0.0684. The first-order valence-corrected chi connectivity index (χ1v) is 7.50. The Morgan fingerprint density at radius 3 is 2.38 bits per heavy atom. The van der Waals surface area contributed by atoms with E-state index in [0.717, 1.165) is 13.3 Å². The normalized spacial score (nSPS) is 15.1. The van der Waals surface area contributed by atoms with Gasteiger partial charge in [0.25, 0.3) is 5.92 Å². The first-order chi connectivity index (χ1) is 7.14. The lowest BCUT2D eigenvalue weighted by atomic mass is 10.1. The zero-order valence-electron chi connectivity index (χ0n) is 9.38. The Labute approximate surface area is 99.5 Å². The van der Waals surface area contributed by atoms with Gasteiger partial charge in [-0.25, -0.2) is 17.2 Å². The minimum absolute atomic E-state index is 0.0107. The number of hydrogen-bond acceptors (Lipinski definition) is 3. The highest BCUT2D eigenvalue weighted by Crippen LogP contribution is 2.16. The van der Waals surface area contributed by atoms with Gasteiger partial charge in [0.05, 0.1) is 12.4 Å². The Bertz CT molecular complexity index is 288. The maximum absolute atomic E-state index is 12.4. The molecule has 0 saturated carbocycles. The van der Waals surface area contributed by atoms with Crippen molar-refractivity contribution in [2.45, 2.75) is 32.6 Å². The molecular formula is C9H17ClF2O3S. The summed E-state index contributed by atoms with van der Waals surface area (Å²) in [7, 11) is 1.49. The summed E-state index contributed by atoms with van der Waals surface area (Å²) in [4.78, 5) is 0. The molecule has 16 heavy (non-hydrogen) atoms. The number of ether oxygens (including phenoxy) is 1. The second kappa shape index (κ2) is 6.71. The lowest BCUT2D eigenvalue weighted by Crippen LogP contribution is -2.24. The van der Waals surface area contributed by atoms with Crippen LogP contribution in [0.3, 0.4) is 0 Å². The Morgan fingerprint density at radius 1 is 1.44 bits per heavy atom. The minimum Gasteiger partial charge on any atom is -0.375 e. The summed E-state index contributed by atoms with van der Waals surface area (Å²) in [5, 5.41) is 0. The SMILES string of the molecule is CCCC(COCC(C)(F)F)CS(=O)(=O)Cl. The van der Waals surface area contributed by atoms with Crippen molar-refractivity contribution < 1.29 is 21.9 Å². The van der Waals surface area contributed by atoms with Gasteiger partial charge in [-0.3, -0.25) is 0 Å². The lowest BCUT2D eigenvalue weighted by Gasteiger charge is -2.16. The molecule has 0 aliphatic rings. The average molecular weight is 279 g/mol. The molecule has 0 spiro atoms. The zero-order chi connectivity index (χ0) is 12.8. The van der Waals surface area contributed by atoms with Crippen molar-refractivity contribution in [3.63, 3.8) is 0 Å². The molecule has 1 atom stereocenters. The minimum atomic E-state index is -3.61. The molecule has 0 aromatic carbocycles. The highest BCUT2D eigenvalue weighted by atomic mass is 35.7. The van der Waals surface area contributed by atoms with Crippen LogP contribution in [0.1, 0.15) is 26.7 Å². The molecule has 0 radical (unpaired) electrons. The molecule has 3 nitrogen and oxygen atoms in total.